The molecule has 0 radical (unpaired) electrons. The molecule has 168 valence electrons. The first-order valence-electron chi connectivity index (χ1n) is 10.1. The van der Waals surface area contributed by atoms with E-state index in [1.807, 2.05) is 13.0 Å². The van der Waals surface area contributed by atoms with Crippen LogP contribution in [0.4, 0.5) is 4.39 Å². The van der Waals surface area contributed by atoms with E-state index in [1.54, 1.807) is 36.4 Å². The van der Waals surface area contributed by atoms with Crippen molar-refractivity contribution in [3.05, 3.63) is 69.9 Å². The average Bonchev–Trinajstić information content (AvgIpc) is 2.80. The van der Waals surface area contributed by atoms with Gasteiger partial charge < -0.3 is 14.8 Å². The molecular weight excluding hydrogens is 499 g/mol. The molecule has 0 aliphatic carbocycles. The van der Waals surface area contributed by atoms with Crippen molar-refractivity contribution in [1.29, 1.82) is 0 Å². The first-order valence-corrected chi connectivity index (χ1v) is 11.8. The molecule has 9 heteroatoms. The number of thioether (sulfide) groups is 1. The van der Waals surface area contributed by atoms with Crippen LogP contribution in [0, 0.1) is 11.7 Å². The van der Waals surface area contributed by atoms with Crippen LogP contribution in [-0.4, -0.2) is 42.1 Å². The topological polar surface area (TPSA) is 77.0 Å². The van der Waals surface area contributed by atoms with E-state index in [2.05, 4.69) is 21.2 Å². The zero-order valence-corrected chi connectivity index (χ0v) is 19.9. The van der Waals surface area contributed by atoms with E-state index in [0.29, 0.717) is 27.2 Å². The molecule has 1 saturated heterocycles. The van der Waals surface area contributed by atoms with E-state index in [-0.39, 0.29) is 23.7 Å². The summed E-state index contributed by atoms with van der Waals surface area (Å²) in [6.07, 6.45) is -0.414. The summed E-state index contributed by atoms with van der Waals surface area (Å²) in [5, 5.41) is 3.18. The maximum Gasteiger partial charge on any atom is 0.334 e. The van der Waals surface area contributed by atoms with E-state index in [1.165, 1.54) is 24.9 Å². The van der Waals surface area contributed by atoms with Crippen molar-refractivity contribution < 1.29 is 23.5 Å². The van der Waals surface area contributed by atoms with Crippen molar-refractivity contribution >= 4 is 44.7 Å². The van der Waals surface area contributed by atoms with Gasteiger partial charge in [-0.05, 0) is 36.8 Å². The molecule has 1 fully saturated rings. The smallest absolute Gasteiger partial charge is 0.334 e. The first kappa shape index (κ1) is 22.9. The van der Waals surface area contributed by atoms with Crippen LogP contribution in [0.1, 0.15) is 29.3 Å². The molecule has 0 spiro atoms. The predicted octanol–water partition coefficient (Wildman–Crippen LogP) is 4.28. The normalized spacial score (nSPS) is 27.1. The quantitative estimate of drug-likeness (QED) is 0.611. The van der Waals surface area contributed by atoms with E-state index in [0.717, 1.165) is 0 Å². The van der Waals surface area contributed by atoms with Gasteiger partial charge in [-0.1, -0.05) is 52.8 Å². The molecule has 0 saturated carbocycles. The van der Waals surface area contributed by atoms with Gasteiger partial charge in [0.25, 0.3) is 5.91 Å². The van der Waals surface area contributed by atoms with E-state index < -0.39 is 23.4 Å². The number of ether oxygens (including phenoxy) is 2. The fraction of sp³-hybridized carbons (Fsp3) is 0.348. The van der Waals surface area contributed by atoms with Crippen molar-refractivity contribution in [3.8, 4) is 0 Å². The van der Waals surface area contributed by atoms with Crippen LogP contribution in [-0.2, 0) is 19.8 Å². The van der Waals surface area contributed by atoms with Gasteiger partial charge in [0.1, 0.15) is 11.4 Å². The molecule has 2 aromatic carbocycles. The molecule has 2 aliphatic heterocycles. The Hall–Kier alpha value is -2.23. The predicted molar refractivity (Wildman–Crippen MR) is 124 cm³/mol. The monoisotopic (exact) mass is 520 g/mol. The van der Waals surface area contributed by atoms with E-state index >= 15 is 4.39 Å². The highest BCUT2D eigenvalue weighted by atomic mass is 79.9. The maximum atomic E-state index is 15.1. The molecule has 2 aliphatic rings. The van der Waals surface area contributed by atoms with Gasteiger partial charge in [-0.2, -0.15) is 0 Å². The highest BCUT2D eigenvalue weighted by molar-refractivity contribution is 9.10. The van der Waals surface area contributed by atoms with Crippen LogP contribution in [0.2, 0.25) is 0 Å². The highest BCUT2D eigenvalue weighted by Crippen LogP contribution is 2.50. The second-order valence-electron chi connectivity index (χ2n) is 7.77. The van der Waals surface area contributed by atoms with Gasteiger partial charge in [-0.25, -0.2) is 14.2 Å². The number of hydrogen-bond donors (Lipinski definition) is 1. The average molecular weight is 521 g/mol. The number of nitrogens with one attached hydrogen (secondary N) is 1. The van der Waals surface area contributed by atoms with Crippen LogP contribution < -0.4 is 5.32 Å². The lowest BCUT2D eigenvalue weighted by Crippen LogP contribution is -2.55. The lowest BCUT2D eigenvalue weighted by atomic mass is 9.72. The Kier molecular flexibility index (Phi) is 6.69. The molecule has 1 N–H and O–H groups in total. The molecule has 2 aromatic rings. The van der Waals surface area contributed by atoms with Gasteiger partial charge in [0.15, 0.2) is 11.3 Å². The van der Waals surface area contributed by atoms with E-state index in [9.17, 15) is 9.59 Å². The maximum absolute atomic E-state index is 15.1. The van der Waals surface area contributed by atoms with Crippen LogP contribution in [0.5, 0.6) is 0 Å². The number of amidine groups is 1. The number of nitrogens with zero attached hydrogens (tertiary/aromatic N) is 1. The number of hydrogen-bond acceptors (Lipinski definition) is 6. The van der Waals surface area contributed by atoms with Crippen molar-refractivity contribution in [2.24, 2.45) is 10.9 Å². The van der Waals surface area contributed by atoms with Gasteiger partial charge in [0.2, 0.25) is 0 Å². The van der Waals surface area contributed by atoms with Crippen LogP contribution in [0.25, 0.3) is 0 Å². The zero-order chi connectivity index (χ0) is 22.9. The number of aliphatic imine (C=N–C) groups is 1. The summed E-state index contributed by atoms with van der Waals surface area (Å²) >= 11 is 4.81. The zero-order valence-electron chi connectivity index (χ0n) is 17.5. The van der Waals surface area contributed by atoms with Gasteiger partial charge in [0.05, 0.1) is 13.7 Å². The minimum absolute atomic E-state index is 0.0135. The minimum atomic E-state index is -1.09. The Morgan fingerprint density at radius 3 is 2.75 bits per heavy atom. The molecule has 6 nitrogen and oxygen atoms in total. The standard InChI is InChI=1S/C23H22BrFN2O4S/c1-13-16-11-19(21(29)30-2)31-12-23(16,17-10-15(24)8-9-18(17)25)27-22(32-13)26-20(28)14-6-4-3-5-7-14/h3-10,13,16,19H,11-12H2,1-2H3,(H,26,27,28)/t13-,16+,19-,23+/m1/s1. The van der Waals surface area contributed by atoms with Gasteiger partial charge in [-0.15, -0.1) is 0 Å². The second kappa shape index (κ2) is 9.33. The summed E-state index contributed by atoms with van der Waals surface area (Å²) in [5.41, 5.74) is -0.236. The highest BCUT2D eigenvalue weighted by Gasteiger charge is 2.53. The molecule has 1 amide bonds. The molecular formula is C23H22BrFN2O4S. The summed E-state index contributed by atoms with van der Waals surface area (Å²) < 4.78 is 26.5. The van der Waals surface area contributed by atoms with E-state index in [4.69, 9.17) is 14.5 Å². The molecule has 0 unspecified atom stereocenters. The molecule has 4 rings (SSSR count). The Bertz CT molecular complexity index is 1070. The number of carbonyl (C=O) groups excluding carboxylic acids is 2. The molecule has 32 heavy (non-hydrogen) atoms. The summed E-state index contributed by atoms with van der Waals surface area (Å²) in [6.45, 7) is 1.98. The van der Waals surface area contributed by atoms with Crippen LogP contribution in [0.3, 0.4) is 0 Å². The molecule has 0 aromatic heterocycles. The minimum Gasteiger partial charge on any atom is -0.467 e. The number of carbonyl (C=O) groups is 2. The SMILES string of the molecule is COC(=O)[C@H]1C[C@H]2[C@@H](C)SC(NC(=O)c3ccccc3)=N[C@@]2(c2cc(Br)ccc2F)CO1. The summed E-state index contributed by atoms with van der Waals surface area (Å²) in [4.78, 5) is 29.7. The third-order valence-electron chi connectivity index (χ3n) is 5.87. The molecule has 2 heterocycles. The number of fused-ring (bicyclic) bond motifs is 1. The Labute approximate surface area is 198 Å². The van der Waals surface area contributed by atoms with Gasteiger partial charge in [-0.3, -0.25) is 4.79 Å². The number of esters is 1. The van der Waals surface area contributed by atoms with Gasteiger partial charge >= 0.3 is 5.97 Å². The Morgan fingerprint density at radius 1 is 1.28 bits per heavy atom. The first-order chi connectivity index (χ1) is 15.3. The fourth-order valence-electron chi connectivity index (χ4n) is 4.27. The van der Waals surface area contributed by atoms with Crippen molar-refractivity contribution in [1.82, 2.24) is 5.32 Å². The van der Waals surface area contributed by atoms with Crippen molar-refractivity contribution in [3.63, 3.8) is 0 Å². The number of amides is 1. The van der Waals surface area contributed by atoms with Gasteiger partial charge in [0, 0.05) is 26.8 Å². The number of benzene rings is 2. The van der Waals surface area contributed by atoms with Crippen molar-refractivity contribution in [2.75, 3.05) is 13.7 Å². The number of methoxy groups -OCH3 is 1. The largest absolute Gasteiger partial charge is 0.467 e. The number of rotatable bonds is 3. The number of halogens is 2. The summed E-state index contributed by atoms with van der Waals surface area (Å²) in [5.74, 6) is -1.39. The molecule has 0 bridgehead atoms. The lowest BCUT2D eigenvalue weighted by Gasteiger charge is -2.48. The third-order valence-corrected chi connectivity index (χ3v) is 7.48. The summed E-state index contributed by atoms with van der Waals surface area (Å²) in [7, 11) is 1.32. The Morgan fingerprint density at radius 2 is 2.03 bits per heavy atom. The lowest BCUT2D eigenvalue weighted by molar-refractivity contribution is -0.163. The fourth-order valence-corrected chi connectivity index (χ4v) is 5.85. The second-order valence-corrected chi connectivity index (χ2v) is 10.1. The van der Waals surface area contributed by atoms with Crippen molar-refractivity contribution in [2.45, 2.75) is 30.2 Å². The molecule has 4 atom stereocenters. The third kappa shape index (κ3) is 4.33. The van der Waals surface area contributed by atoms with Crippen LogP contribution in [0.15, 0.2) is 58.0 Å². The summed E-state index contributed by atoms with van der Waals surface area (Å²) in [6, 6.07) is 13.5. The Balaban J connectivity index is 1.75. The van der Waals surface area contributed by atoms with Crippen LogP contribution >= 0.6 is 27.7 Å².